The molecule has 0 N–H and O–H groups in total. The summed E-state index contributed by atoms with van der Waals surface area (Å²) < 4.78 is 14.8. The highest BCUT2D eigenvalue weighted by Gasteiger charge is 2.55. The molecule has 10 rings (SSSR count). The van der Waals surface area contributed by atoms with Crippen molar-refractivity contribution in [1.82, 2.24) is 0 Å². The van der Waals surface area contributed by atoms with E-state index in [9.17, 15) is 0 Å². The molecular formula is C50H44O2P2. The maximum atomic E-state index is 7.38. The van der Waals surface area contributed by atoms with Gasteiger partial charge in [-0.15, -0.1) is 0 Å². The van der Waals surface area contributed by atoms with Gasteiger partial charge >= 0.3 is 0 Å². The van der Waals surface area contributed by atoms with Crippen molar-refractivity contribution in [3.8, 4) is 33.8 Å². The fraction of sp³-hybridized carbons (Fsp3) is 0.200. The Kier molecular flexibility index (Phi) is 7.76. The summed E-state index contributed by atoms with van der Waals surface area (Å²) in [5, 5.41) is 12.8. The van der Waals surface area contributed by atoms with Gasteiger partial charge in [-0.2, -0.15) is 0 Å². The van der Waals surface area contributed by atoms with Crippen LogP contribution in [0.5, 0.6) is 11.5 Å². The number of fused-ring (bicyclic) bond motifs is 6. The number of benzene rings is 8. The lowest BCUT2D eigenvalue weighted by molar-refractivity contribution is 0.171. The first-order chi connectivity index (χ1) is 26.1. The van der Waals surface area contributed by atoms with E-state index >= 15 is 0 Å². The normalized spacial score (nSPS) is 19.6. The van der Waals surface area contributed by atoms with Crippen LogP contribution in [-0.4, -0.2) is 22.0 Å². The highest BCUT2D eigenvalue weighted by molar-refractivity contribution is 7.72. The van der Waals surface area contributed by atoms with Gasteiger partial charge in [0.25, 0.3) is 0 Å². The van der Waals surface area contributed by atoms with Crippen molar-refractivity contribution in [3.05, 3.63) is 146 Å². The van der Waals surface area contributed by atoms with Crippen molar-refractivity contribution in [2.75, 3.05) is 0 Å². The van der Waals surface area contributed by atoms with Crippen LogP contribution < -0.4 is 20.1 Å². The minimum absolute atomic E-state index is 0.0482. The first kappa shape index (κ1) is 33.8. The lowest BCUT2D eigenvalue weighted by atomic mass is 9.92. The second-order valence-corrected chi connectivity index (χ2v) is 22.9. The number of hydrogen-bond acceptors (Lipinski definition) is 2. The number of rotatable bonds is 3. The Morgan fingerprint density at radius 3 is 1.02 bits per heavy atom. The fourth-order valence-electron chi connectivity index (χ4n) is 9.17. The summed E-state index contributed by atoms with van der Waals surface area (Å²) in [6.07, 6.45) is 0. The van der Waals surface area contributed by atoms with Crippen LogP contribution in [0.4, 0.5) is 0 Å². The fourth-order valence-corrected chi connectivity index (χ4v) is 16.0. The summed E-state index contributed by atoms with van der Waals surface area (Å²) in [5.41, 5.74) is 5.20. The third kappa shape index (κ3) is 5.21. The van der Waals surface area contributed by atoms with Crippen molar-refractivity contribution in [2.24, 2.45) is 0 Å². The average molecular weight is 739 g/mol. The Labute approximate surface area is 320 Å². The first-order valence-electron chi connectivity index (χ1n) is 19.1. The maximum Gasteiger partial charge on any atom is 0.162 e. The minimum Gasteiger partial charge on any atom is -0.481 e. The Morgan fingerprint density at radius 1 is 0.389 bits per heavy atom. The molecule has 0 bridgehead atoms. The van der Waals surface area contributed by atoms with E-state index in [1.165, 1.54) is 76.0 Å². The average Bonchev–Trinajstić information content (AvgIpc) is 3.76. The minimum atomic E-state index is -0.859. The zero-order valence-corrected chi connectivity index (χ0v) is 33.5. The quantitative estimate of drug-likeness (QED) is 0.133. The van der Waals surface area contributed by atoms with Crippen molar-refractivity contribution in [3.63, 3.8) is 0 Å². The molecule has 0 aromatic heterocycles. The third-order valence-electron chi connectivity index (χ3n) is 11.3. The van der Waals surface area contributed by atoms with Gasteiger partial charge in [0.05, 0.1) is 0 Å². The molecule has 0 amide bonds. The van der Waals surface area contributed by atoms with Gasteiger partial charge in [-0.25, -0.2) is 0 Å². The molecule has 4 heteroatoms. The van der Waals surface area contributed by atoms with Gasteiger partial charge in [0, 0.05) is 10.6 Å². The molecule has 54 heavy (non-hydrogen) atoms. The molecule has 0 saturated carbocycles. The number of ether oxygens (including phenoxy) is 2. The molecule has 0 radical (unpaired) electrons. The van der Waals surface area contributed by atoms with Crippen LogP contribution in [0, 0.1) is 0 Å². The molecule has 0 aliphatic carbocycles. The maximum absolute atomic E-state index is 7.38. The van der Waals surface area contributed by atoms with E-state index in [-0.39, 0.29) is 22.0 Å². The zero-order valence-electron chi connectivity index (χ0n) is 31.7. The Hall–Kier alpha value is -4.74. The monoisotopic (exact) mass is 738 g/mol. The molecular weight excluding hydrogens is 694 g/mol. The summed E-state index contributed by atoms with van der Waals surface area (Å²) in [6.45, 7) is 14.5. The molecule has 8 aromatic carbocycles. The lowest BCUT2D eigenvalue weighted by Gasteiger charge is -2.40. The summed E-state index contributed by atoms with van der Waals surface area (Å²) in [7, 11) is -1.72. The molecule has 0 saturated heterocycles. The van der Waals surface area contributed by atoms with E-state index in [4.69, 9.17) is 9.47 Å². The highest BCUT2D eigenvalue weighted by Crippen LogP contribution is 2.70. The van der Waals surface area contributed by atoms with Gasteiger partial charge in [-0.3, -0.25) is 0 Å². The number of hydrogen-bond donors (Lipinski definition) is 0. The van der Waals surface area contributed by atoms with Gasteiger partial charge in [0.15, 0.2) is 11.7 Å². The van der Waals surface area contributed by atoms with Crippen LogP contribution in [0.3, 0.4) is 0 Å². The first-order valence-corrected chi connectivity index (χ1v) is 21.9. The van der Waals surface area contributed by atoms with Crippen molar-refractivity contribution < 1.29 is 9.47 Å². The molecule has 8 aromatic rings. The van der Waals surface area contributed by atoms with Crippen LogP contribution in [0.25, 0.3) is 65.3 Å². The molecule has 266 valence electrons. The van der Waals surface area contributed by atoms with Gasteiger partial charge in [0.1, 0.15) is 11.5 Å². The predicted molar refractivity (Wildman–Crippen MR) is 235 cm³/mol. The van der Waals surface area contributed by atoms with E-state index in [2.05, 4.69) is 187 Å². The smallest absolute Gasteiger partial charge is 0.162 e. The lowest BCUT2D eigenvalue weighted by Crippen LogP contribution is -2.38. The molecule has 2 aliphatic heterocycles. The van der Waals surface area contributed by atoms with Crippen molar-refractivity contribution in [2.45, 2.75) is 63.5 Å². The van der Waals surface area contributed by atoms with Crippen molar-refractivity contribution in [1.29, 1.82) is 0 Å². The van der Waals surface area contributed by atoms with Crippen LogP contribution >= 0.6 is 15.8 Å². The molecule has 0 fully saturated rings. The zero-order chi connectivity index (χ0) is 36.9. The third-order valence-corrected chi connectivity index (χ3v) is 18.0. The summed E-state index contributed by atoms with van der Waals surface area (Å²) >= 11 is 0. The van der Waals surface area contributed by atoms with Crippen molar-refractivity contribution >= 4 is 69.5 Å². The Balaban J connectivity index is 1.18. The molecule has 0 spiro atoms. The van der Waals surface area contributed by atoms with E-state index < -0.39 is 15.8 Å². The molecule has 2 heterocycles. The van der Waals surface area contributed by atoms with Crippen LogP contribution in [0.1, 0.15) is 41.5 Å². The topological polar surface area (TPSA) is 18.5 Å². The van der Waals surface area contributed by atoms with E-state index in [0.717, 1.165) is 11.5 Å². The SMILES string of the molecule is CC(C)(C)[P@@]1c2c(cccc2-c2c3ccccc3cc3ccccc23)O[C@H]1[C@@H]1Oc2cccc(-c3c4ccccc4cc4ccccc34)c2[P@]1C(C)(C)C. The van der Waals surface area contributed by atoms with Gasteiger partial charge in [0.2, 0.25) is 0 Å². The van der Waals surface area contributed by atoms with Gasteiger partial charge in [-0.05, 0) is 116 Å². The van der Waals surface area contributed by atoms with Crippen LogP contribution in [-0.2, 0) is 0 Å². The van der Waals surface area contributed by atoms with Crippen LogP contribution in [0.2, 0.25) is 0 Å². The molecule has 2 aliphatic rings. The standard InChI is InChI=1S/C50H44O2P2/c1-49(2,3)53-45-39(43-35-21-11-7-17-31(35)29-32-18-8-12-22-36(32)43)25-15-27-41(45)51-47(53)48-52-42-28-16-26-40(46(42)54(48)50(4,5)6)44-37-23-13-9-19-33(37)30-34-20-10-14-24-38(34)44/h7-30,47-48H,1-6H3/t47-,48-,53+,54+/m1/s1. The second-order valence-electron chi connectivity index (χ2n) is 16.8. The van der Waals surface area contributed by atoms with Crippen LogP contribution in [0.15, 0.2) is 146 Å². The van der Waals surface area contributed by atoms with Gasteiger partial charge < -0.3 is 9.47 Å². The second kappa shape index (κ2) is 12.4. The molecule has 4 atom stereocenters. The summed E-state index contributed by atoms with van der Waals surface area (Å²) in [5.74, 6) is 1.82. The summed E-state index contributed by atoms with van der Waals surface area (Å²) in [4.78, 5) is 0. The highest BCUT2D eigenvalue weighted by atomic mass is 31.1. The van der Waals surface area contributed by atoms with E-state index in [1.807, 2.05) is 0 Å². The Bertz CT molecular complexity index is 2490. The predicted octanol–water partition coefficient (Wildman–Crippen LogP) is 13.6. The largest absolute Gasteiger partial charge is 0.481 e. The van der Waals surface area contributed by atoms with E-state index in [0.29, 0.717) is 0 Å². The molecule has 0 unspecified atom stereocenters. The summed E-state index contributed by atoms with van der Waals surface area (Å²) in [6, 6.07) is 53.6. The Morgan fingerprint density at radius 2 is 0.704 bits per heavy atom. The molecule has 2 nitrogen and oxygen atoms in total. The van der Waals surface area contributed by atoms with E-state index in [1.54, 1.807) is 0 Å². The van der Waals surface area contributed by atoms with Gasteiger partial charge in [-0.1, -0.05) is 163 Å².